The third-order valence-corrected chi connectivity index (χ3v) is 3.67. The molecule has 1 amide bonds. The van der Waals surface area contributed by atoms with E-state index in [1.54, 1.807) is 7.11 Å². The molecule has 1 fully saturated rings. The second kappa shape index (κ2) is 5.80. The van der Waals surface area contributed by atoms with Crippen molar-refractivity contribution < 1.29 is 14.6 Å². The van der Waals surface area contributed by atoms with Gasteiger partial charge in [0.25, 0.3) is 0 Å². The third-order valence-electron chi connectivity index (χ3n) is 3.67. The minimum absolute atomic E-state index is 0.0285. The summed E-state index contributed by atoms with van der Waals surface area (Å²) in [6.07, 6.45) is 0.437. The van der Waals surface area contributed by atoms with E-state index in [2.05, 4.69) is 10.6 Å². The number of carbonyl (C=O) groups excluding carboxylic acids is 1. The lowest BCUT2D eigenvalue weighted by molar-refractivity contribution is -0.125. The first-order valence-electron chi connectivity index (χ1n) is 6.10. The van der Waals surface area contributed by atoms with E-state index in [1.165, 1.54) is 0 Å². The molecular weight excluding hydrogens is 220 g/mol. The zero-order valence-electron chi connectivity index (χ0n) is 11.1. The van der Waals surface area contributed by atoms with Gasteiger partial charge in [0.2, 0.25) is 5.91 Å². The number of hydrogen-bond acceptors (Lipinski definition) is 4. The molecule has 0 aromatic rings. The van der Waals surface area contributed by atoms with Gasteiger partial charge in [0.1, 0.15) is 0 Å². The van der Waals surface area contributed by atoms with Gasteiger partial charge in [-0.1, -0.05) is 13.8 Å². The van der Waals surface area contributed by atoms with Crippen LogP contribution in [0, 0.1) is 5.41 Å². The van der Waals surface area contributed by atoms with Crippen molar-refractivity contribution in [3.8, 4) is 0 Å². The van der Waals surface area contributed by atoms with E-state index < -0.39 is 0 Å². The molecule has 5 heteroatoms. The Hall–Kier alpha value is -0.650. The summed E-state index contributed by atoms with van der Waals surface area (Å²) in [6, 6.07) is -0.0516. The molecule has 1 saturated carbocycles. The summed E-state index contributed by atoms with van der Waals surface area (Å²) in [5.74, 6) is -0.0285. The highest BCUT2D eigenvalue weighted by atomic mass is 16.5. The largest absolute Gasteiger partial charge is 0.392 e. The number of nitrogens with one attached hydrogen (secondary N) is 2. The summed E-state index contributed by atoms with van der Waals surface area (Å²) in [6.45, 7) is 6.90. The van der Waals surface area contributed by atoms with Crippen LogP contribution in [0.5, 0.6) is 0 Å². The Morgan fingerprint density at radius 2 is 2.24 bits per heavy atom. The highest BCUT2D eigenvalue weighted by Crippen LogP contribution is 2.40. The van der Waals surface area contributed by atoms with Gasteiger partial charge in [-0.2, -0.15) is 0 Å². The van der Waals surface area contributed by atoms with Crippen molar-refractivity contribution in [2.24, 2.45) is 5.41 Å². The SMILES string of the molecule is COCCNC(=O)C(C)NC1CC(O)C1(C)C. The minimum atomic E-state index is -0.274. The number of aliphatic hydroxyl groups is 1. The fraction of sp³-hybridized carbons (Fsp3) is 0.917. The molecule has 0 bridgehead atoms. The van der Waals surface area contributed by atoms with Crippen molar-refractivity contribution in [1.29, 1.82) is 0 Å². The van der Waals surface area contributed by atoms with Gasteiger partial charge in [-0.3, -0.25) is 4.79 Å². The average molecular weight is 244 g/mol. The van der Waals surface area contributed by atoms with Crippen LogP contribution in [-0.2, 0) is 9.53 Å². The molecule has 1 rings (SSSR count). The van der Waals surface area contributed by atoms with Gasteiger partial charge in [-0.15, -0.1) is 0 Å². The summed E-state index contributed by atoms with van der Waals surface area (Å²) >= 11 is 0. The molecular formula is C12H24N2O3. The van der Waals surface area contributed by atoms with Crippen LogP contribution in [0.25, 0.3) is 0 Å². The molecule has 3 unspecified atom stereocenters. The topological polar surface area (TPSA) is 70.6 Å². The Morgan fingerprint density at radius 3 is 2.71 bits per heavy atom. The smallest absolute Gasteiger partial charge is 0.236 e. The Kier molecular flexibility index (Phi) is 4.91. The molecule has 0 spiro atoms. The van der Waals surface area contributed by atoms with Crippen LogP contribution >= 0.6 is 0 Å². The van der Waals surface area contributed by atoms with Crippen molar-refractivity contribution in [3.05, 3.63) is 0 Å². The summed E-state index contributed by atoms with van der Waals surface area (Å²) in [7, 11) is 1.60. The number of rotatable bonds is 6. The molecule has 3 atom stereocenters. The molecule has 1 aliphatic carbocycles. The Morgan fingerprint density at radius 1 is 1.59 bits per heavy atom. The van der Waals surface area contributed by atoms with Gasteiger partial charge in [-0.25, -0.2) is 0 Å². The van der Waals surface area contributed by atoms with Crippen molar-refractivity contribution >= 4 is 5.91 Å². The van der Waals surface area contributed by atoms with E-state index in [0.29, 0.717) is 19.6 Å². The predicted molar refractivity (Wildman–Crippen MR) is 65.7 cm³/mol. The molecule has 0 aromatic carbocycles. The number of ether oxygens (including phenoxy) is 1. The minimum Gasteiger partial charge on any atom is -0.392 e. The van der Waals surface area contributed by atoms with E-state index in [9.17, 15) is 9.90 Å². The monoisotopic (exact) mass is 244 g/mol. The Balaban J connectivity index is 2.30. The summed E-state index contributed by atoms with van der Waals surface area (Å²) in [5, 5.41) is 15.7. The fourth-order valence-corrected chi connectivity index (χ4v) is 1.99. The molecule has 17 heavy (non-hydrogen) atoms. The maximum absolute atomic E-state index is 11.7. The number of amides is 1. The van der Waals surface area contributed by atoms with E-state index in [1.807, 2.05) is 20.8 Å². The highest BCUT2D eigenvalue weighted by Gasteiger charge is 2.47. The molecule has 0 aliphatic heterocycles. The molecule has 0 aromatic heterocycles. The number of methoxy groups -OCH3 is 1. The second-order valence-corrected chi connectivity index (χ2v) is 5.30. The maximum atomic E-state index is 11.7. The van der Waals surface area contributed by atoms with Crippen molar-refractivity contribution in [1.82, 2.24) is 10.6 Å². The number of hydrogen-bond donors (Lipinski definition) is 3. The summed E-state index contributed by atoms with van der Waals surface area (Å²) in [5.41, 5.74) is -0.152. The Labute approximate surface area is 103 Å². The lowest BCUT2D eigenvalue weighted by atomic mass is 9.64. The molecule has 0 saturated heterocycles. The second-order valence-electron chi connectivity index (χ2n) is 5.30. The van der Waals surface area contributed by atoms with Crippen LogP contribution in [0.2, 0.25) is 0 Å². The van der Waals surface area contributed by atoms with Gasteiger partial charge < -0.3 is 20.5 Å². The van der Waals surface area contributed by atoms with Crippen LogP contribution in [0.1, 0.15) is 27.2 Å². The predicted octanol–water partition coefficient (Wildman–Crippen LogP) is -0.113. The maximum Gasteiger partial charge on any atom is 0.236 e. The van der Waals surface area contributed by atoms with Crippen LogP contribution in [-0.4, -0.2) is 49.5 Å². The van der Waals surface area contributed by atoms with Crippen molar-refractivity contribution in [3.63, 3.8) is 0 Å². The normalized spacial score (nSPS) is 28.3. The zero-order valence-corrected chi connectivity index (χ0v) is 11.1. The summed E-state index contributed by atoms with van der Waals surface area (Å²) in [4.78, 5) is 11.7. The van der Waals surface area contributed by atoms with Gasteiger partial charge in [-0.05, 0) is 13.3 Å². The van der Waals surface area contributed by atoms with Crippen LogP contribution in [0.3, 0.4) is 0 Å². The van der Waals surface area contributed by atoms with Crippen LogP contribution < -0.4 is 10.6 Å². The first-order chi connectivity index (χ1) is 7.89. The zero-order chi connectivity index (χ0) is 13.1. The van der Waals surface area contributed by atoms with Gasteiger partial charge in [0, 0.05) is 25.1 Å². The van der Waals surface area contributed by atoms with Crippen LogP contribution in [0.15, 0.2) is 0 Å². The molecule has 100 valence electrons. The Bertz CT molecular complexity index is 268. The quantitative estimate of drug-likeness (QED) is 0.570. The standard InChI is InChI=1S/C12H24N2O3/c1-8(11(16)13-5-6-17-4)14-9-7-10(15)12(9,2)3/h8-10,14-15H,5-7H2,1-4H3,(H,13,16). The molecule has 0 heterocycles. The van der Waals surface area contributed by atoms with Gasteiger partial charge in [0.05, 0.1) is 18.8 Å². The summed E-state index contributed by atoms with van der Waals surface area (Å²) < 4.78 is 4.86. The van der Waals surface area contributed by atoms with Gasteiger partial charge in [0.15, 0.2) is 0 Å². The average Bonchev–Trinajstić information content (AvgIpc) is 2.28. The highest BCUT2D eigenvalue weighted by molar-refractivity contribution is 5.81. The van der Waals surface area contributed by atoms with E-state index in [-0.39, 0.29) is 29.5 Å². The third kappa shape index (κ3) is 3.40. The van der Waals surface area contributed by atoms with Crippen molar-refractivity contribution in [2.45, 2.75) is 45.4 Å². The lowest BCUT2D eigenvalue weighted by Gasteiger charge is -2.50. The molecule has 3 N–H and O–H groups in total. The number of aliphatic hydroxyl groups excluding tert-OH is 1. The first kappa shape index (κ1) is 14.4. The van der Waals surface area contributed by atoms with E-state index in [0.717, 1.165) is 0 Å². The lowest BCUT2D eigenvalue weighted by Crippen LogP contribution is -2.63. The molecule has 5 nitrogen and oxygen atoms in total. The first-order valence-corrected chi connectivity index (χ1v) is 6.10. The molecule has 1 aliphatic rings. The van der Waals surface area contributed by atoms with E-state index in [4.69, 9.17) is 4.74 Å². The molecule has 0 radical (unpaired) electrons. The van der Waals surface area contributed by atoms with E-state index >= 15 is 0 Å². The van der Waals surface area contributed by atoms with Crippen LogP contribution in [0.4, 0.5) is 0 Å². The number of carbonyl (C=O) groups is 1. The van der Waals surface area contributed by atoms with Crippen molar-refractivity contribution in [2.75, 3.05) is 20.3 Å². The fourth-order valence-electron chi connectivity index (χ4n) is 1.99. The van der Waals surface area contributed by atoms with Gasteiger partial charge >= 0.3 is 0 Å².